The molecule has 1 aromatic carbocycles. The third kappa shape index (κ3) is 3.18. The van der Waals surface area contributed by atoms with Gasteiger partial charge in [-0.1, -0.05) is 6.07 Å². The van der Waals surface area contributed by atoms with Crippen LogP contribution in [-0.4, -0.2) is 16.8 Å². The van der Waals surface area contributed by atoms with Gasteiger partial charge in [0.15, 0.2) is 9.92 Å². The van der Waals surface area contributed by atoms with Crippen LogP contribution >= 0.6 is 11.3 Å². The Morgan fingerprint density at radius 1 is 1.07 bits per heavy atom. The fourth-order valence-electron chi connectivity index (χ4n) is 4.63. The van der Waals surface area contributed by atoms with E-state index in [1.165, 1.54) is 38.5 Å². The maximum Gasteiger partial charge on any atom is 0.354 e. The van der Waals surface area contributed by atoms with E-state index in [4.69, 9.17) is 5.14 Å². The van der Waals surface area contributed by atoms with Gasteiger partial charge in [-0.3, -0.25) is 0 Å². The summed E-state index contributed by atoms with van der Waals surface area (Å²) in [5.41, 5.74) is 7.14. The van der Waals surface area contributed by atoms with Crippen LogP contribution in [-0.2, 0) is 48.6 Å². The minimum Gasteiger partial charge on any atom is -0.312 e. The van der Waals surface area contributed by atoms with Gasteiger partial charge in [-0.2, -0.15) is 0 Å². The van der Waals surface area contributed by atoms with Gasteiger partial charge in [-0.15, -0.1) is 15.7 Å². The number of fused-ring (bicyclic) bond motifs is 3. The molecule has 3 aliphatic rings. The number of anilines is 1. The number of aryl methyl sites for hydroxylation is 2. The van der Waals surface area contributed by atoms with E-state index in [9.17, 15) is 9.00 Å². The first-order valence-corrected chi connectivity index (χ1v) is 12.3. The lowest BCUT2D eigenvalue weighted by atomic mass is 9.99. The molecule has 1 aliphatic heterocycles. The molecule has 0 radical (unpaired) electrons. The molecular weight excluding hydrogens is 392 g/mol. The molecule has 0 fully saturated rings. The molecule has 2 aliphatic carbocycles. The molecule has 1 atom stereocenters. The summed E-state index contributed by atoms with van der Waals surface area (Å²) in [6.45, 7) is 1.65. The van der Waals surface area contributed by atoms with Crippen LogP contribution in [0.25, 0.3) is 0 Å². The Kier molecular flexibility index (Phi) is 4.54. The Balaban J connectivity index is 1.46. The summed E-state index contributed by atoms with van der Waals surface area (Å²) < 4.78 is 17.4. The second kappa shape index (κ2) is 6.95. The van der Waals surface area contributed by atoms with E-state index in [0.29, 0.717) is 4.21 Å². The summed E-state index contributed by atoms with van der Waals surface area (Å²) in [4.78, 5) is 13.9. The van der Waals surface area contributed by atoms with Crippen molar-refractivity contribution in [3.8, 4) is 0 Å². The van der Waals surface area contributed by atoms with Crippen LogP contribution in [0.3, 0.4) is 0 Å². The monoisotopic (exact) mass is 416 g/mol. The smallest absolute Gasteiger partial charge is 0.312 e. The second-order valence-corrected chi connectivity index (χ2v) is 10.9. The Bertz CT molecular complexity index is 1040. The molecule has 6 nitrogen and oxygen atoms in total. The molecule has 148 valence electrons. The molecule has 28 heavy (non-hydrogen) atoms. The van der Waals surface area contributed by atoms with Crippen molar-refractivity contribution >= 4 is 33.0 Å². The standard InChI is InChI=1S/C20H24N4O2S2/c21-28(26,18-10-14-11-22-8-7-17(14)27-18)24-20(25)23-19-15-5-1-3-12(15)9-13-4-2-6-16(13)19/h9-10,22H,1-8,11H2,(H3,21,23,24,25,26). The quantitative estimate of drug-likeness (QED) is 0.701. The predicted molar refractivity (Wildman–Crippen MR) is 112 cm³/mol. The SMILES string of the molecule is NS(=O)(=NC(=O)Nc1c2c(cc3c1CCC3)CCC2)c1cc2c(s1)CCNC2. The van der Waals surface area contributed by atoms with Crippen LogP contribution in [0.2, 0.25) is 0 Å². The number of nitrogens with two attached hydrogens (primary N) is 1. The van der Waals surface area contributed by atoms with E-state index < -0.39 is 15.9 Å². The zero-order valence-electron chi connectivity index (χ0n) is 15.7. The van der Waals surface area contributed by atoms with E-state index >= 15 is 0 Å². The number of nitrogens with one attached hydrogen (secondary N) is 2. The predicted octanol–water partition coefficient (Wildman–Crippen LogP) is 3.30. The Hall–Kier alpha value is -1.74. The Labute approximate surface area is 169 Å². The minimum atomic E-state index is -3.25. The topological polar surface area (TPSA) is 96.6 Å². The van der Waals surface area contributed by atoms with E-state index in [1.54, 1.807) is 0 Å². The number of benzene rings is 1. The molecule has 0 bridgehead atoms. The van der Waals surface area contributed by atoms with Crippen LogP contribution in [0, 0.1) is 0 Å². The molecule has 2 heterocycles. The second-order valence-electron chi connectivity index (χ2n) is 7.76. The maximum absolute atomic E-state index is 13.0. The highest BCUT2D eigenvalue weighted by Gasteiger charge is 2.25. The summed E-state index contributed by atoms with van der Waals surface area (Å²) in [6.07, 6.45) is 7.18. The van der Waals surface area contributed by atoms with Gasteiger partial charge in [0.05, 0.1) is 0 Å². The average Bonchev–Trinajstić information content (AvgIpc) is 3.39. The van der Waals surface area contributed by atoms with Crippen LogP contribution < -0.4 is 15.8 Å². The fourth-order valence-corrected chi connectivity index (χ4v) is 7.13. The number of urea groups is 1. The summed E-state index contributed by atoms with van der Waals surface area (Å²) >= 11 is 1.42. The van der Waals surface area contributed by atoms with E-state index in [-0.39, 0.29) is 0 Å². The van der Waals surface area contributed by atoms with Crippen molar-refractivity contribution < 1.29 is 9.00 Å². The number of hydrogen-bond donors (Lipinski definition) is 3. The van der Waals surface area contributed by atoms with E-state index in [0.717, 1.165) is 69.3 Å². The lowest BCUT2D eigenvalue weighted by Crippen LogP contribution is -2.21. The first kappa shape index (κ1) is 18.3. The van der Waals surface area contributed by atoms with Gasteiger partial charge < -0.3 is 10.6 Å². The fraction of sp³-hybridized carbons (Fsp3) is 0.450. The lowest BCUT2D eigenvalue weighted by Gasteiger charge is -2.15. The molecular formula is C20H24N4O2S2. The van der Waals surface area contributed by atoms with Crippen molar-refractivity contribution in [1.29, 1.82) is 0 Å². The summed E-state index contributed by atoms with van der Waals surface area (Å²) in [6, 6.07) is 3.54. The van der Waals surface area contributed by atoms with Crippen molar-refractivity contribution in [3.05, 3.63) is 44.8 Å². The average molecular weight is 417 g/mol. The number of carbonyl (C=O) groups is 1. The van der Waals surface area contributed by atoms with Gasteiger partial charge in [-0.05, 0) is 78.8 Å². The zero-order valence-corrected chi connectivity index (χ0v) is 17.3. The summed E-state index contributed by atoms with van der Waals surface area (Å²) in [5.74, 6) is 0. The van der Waals surface area contributed by atoms with Gasteiger partial charge in [0, 0.05) is 23.7 Å². The maximum atomic E-state index is 13.0. The third-order valence-corrected chi connectivity index (χ3v) is 9.06. The van der Waals surface area contributed by atoms with Crippen LogP contribution in [0.5, 0.6) is 0 Å². The van der Waals surface area contributed by atoms with E-state index in [2.05, 4.69) is 21.1 Å². The number of thiophene rings is 1. The van der Waals surface area contributed by atoms with Crippen LogP contribution in [0.15, 0.2) is 20.7 Å². The molecule has 2 amide bonds. The molecule has 4 N–H and O–H groups in total. The van der Waals surface area contributed by atoms with Crippen molar-refractivity contribution in [3.63, 3.8) is 0 Å². The molecule has 0 spiro atoms. The Morgan fingerprint density at radius 2 is 1.79 bits per heavy atom. The van der Waals surface area contributed by atoms with Crippen molar-refractivity contribution in [1.82, 2.24) is 5.32 Å². The number of hydrogen-bond acceptors (Lipinski definition) is 4. The zero-order chi connectivity index (χ0) is 19.3. The number of carbonyl (C=O) groups excluding carboxylic acids is 1. The van der Waals surface area contributed by atoms with Crippen molar-refractivity contribution in [2.45, 2.75) is 55.7 Å². The Morgan fingerprint density at radius 3 is 2.46 bits per heavy atom. The summed E-state index contributed by atoms with van der Waals surface area (Å²) in [7, 11) is -3.25. The summed E-state index contributed by atoms with van der Waals surface area (Å²) in [5, 5.41) is 12.3. The third-order valence-electron chi connectivity index (χ3n) is 5.93. The highest BCUT2D eigenvalue weighted by molar-refractivity contribution is 7.93. The van der Waals surface area contributed by atoms with Gasteiger partial charge >= 0.3 is 6.03 Å². The highest BCUT2D eigenvalue weighted by atomic mass is 32.2. The van der Waals surface area contributed by atoms with Crippen LogP contribution in [0.4, 0.5) is 10.5 Å². The lowest BCUT2D eigenvalue weighted by molar-refractivity contribution is 0.260. The first-order valence-electron chi connectivity index (χ1n) is 9.86. The molecule has 2 aromatic rings. The molecule has 0 saturated carbocycles. The number of nitrogens with zero attached hydrogens (tertiary/aromatic N) is 1. The van der Waals surface area contributed by atoms with Crippen molar-refractivity contribution in [2.24, 2.45) is 9.50 Å². The normalized spacial score (nSPS) is 19.5. The molecule has 8 heteroatoms. The highest BCUT2D eigenvalue weighted by Crippen LogP contribution is 2.38. The van der Waals surface area contributed by atoms with Crippen LogP contribution in [0.1, 0.15) is 45.5 Å². The van der Waals surface area contributed by atoms with E-state index in [1.807, 2.05) is 6.07 Å². The van der Waals surface area contributed by atoms with Gasteiger partial charge in [0.25, 0.3) is 0 Å². The minimum absolute atomic E-state index is 0.486. The molecule has 0 saturated heterocycles. The molecule has 5 rings (SSSR count). The molecule has 1 aromatic heterocycles. The number of rotatable bonds is 2. The first-order chi connectivity index (χ1) is 13.5. The largest absolute Gasteiger partial charge is 0.354 e. The van der Waals surface area contributed by atoms with Gasteiger partial charge in [0.1, 0.15) is 4.21 Å². The van der Waals surface area contributed by atoms with Crippen molar-refractivity contribution in [2.75, 3.05) is 11.9 Å². The van der Waals surface area contributed by atoms with Gasteiger partial charge in [-0.25, -0.2) is 14.1 Å². The number of amides is 2. The molecule has 1 unspecified atom stereocenters. The van der Waals surface area contributed by atoms with Gasteiger partial charge in [0.2, 0.25) is 0 Å².